The van der Waals surface area contributed by atoms with Crippen LogP contribution in [0.5, 0.6) is 5.75 Å². The van der Waals surface area contributed by atoms with Gasteiger partial charge in [0.2, 0.25) is 0 Å². The summed E-state index contributed by atoms with van der Waals surface area (Å²) in [5.41, 5.74) is 6.12. The number of carbonyl (C=O) groups is 2. The second-order valence-electron chi connectivity index (χ2n) is 27.9. The van der Waals surface area contributed by atoms with E-state index < -0.39 is 11.2 Å². The summed E-state index contributed by atoms with van der Waals surface area (Å²) < 4.78 is 6.44. The molecule has 6 saturated carbocycles. The molecule has 79 heavy (non-hydrogen) atoms. The van der Waals surface area contributed by atoms with E-state index in [9.17, 15) is 19.8 Å². The minimum absolute atomic E-state index is 0.0741. The second kappa shape index (κ2) is 27.1. The Kier molecular flexibility index (Phi) is 21.8. The van der Waals surface area contributed by atoms with Crippen LogP contribution in [0.1, 0.15) is 260 Å². The second-order valence-corrected chi connectivity index (χ2v) is 27.9. The molecule has 2 aromatic rings. The number of allylic oxidation sites excluding steroid dienone is 2. The molecule has 4 N–H and O–H groups in total. The summed E-state index contributed by atoms with van der Waals surface area (Å²) in [5.74, 6) is 6.84. The lowest BCUT2D eigenvalue weighted by atomic mass is 9.45. The minimum atomic E-state index is -0.640. The number of rotatable bonds is 16. The third kappa shape index (κ3) is 13.5. The number of fused-ring (bicyclic) bond motifs is 10. The van der Waals surface area contributed by atoms with Gasteiger partial charge in [-0.15, -0.1) is 0 Å². The van der Waals surface area contributed by atoms with Crippen LogP contribution in [0.25, 0.3) is 0 Å². The zero-order chi connectivity index (χ0) is 57.5. The molecule has 442 valence electrons. The number of hydrogen-bond donors (Lipinski definition) is 4. The van der Waals surface area contributed by atoms with Gasteiger partial charge >= 0.3 is 0 Å². The summed E-state index contributed by atoms with van der Waals surface area (Å²) in [6, 6.07) is 19.2. The average molecular weight is 1090 g/mol. The van der Waals surface area contributed by atoms with Gasteiger partial charge in [0.1, 0.15) is 5.75 Å². The molecule has 7 nitrogen and oxygen atoms in total. The molecule has 0 aromatic heterocycles. The highest BCUT2D eigenvalue weighted by atomic mass is 16.5. The molecule has 0 amide bonds. The molecular formula is C72H114N2O5. The SMILES string of the molecule is CC.CCC(NC(C)C)c1cccc(C)c1.CCCC12CCC3C(CCC4=CC(=O)CCC43C)C1CC[C@]2(C)O.CCCCC(C)NC(C)c1cccc(OCCC23CCC4C5CCC(=O)C=C5C[C@@H](C)C4C2CC[C@]3(C)O)c1. The first-order valence-electron chi connectivity index (χ1n) is 32.9. The van der Waals surface area contributed by atoms with Crippen LogP contribution in [-0.4, -0.2) is 51.7 Å². The average Bonchev–Trinajstić information content (AvgIpc) is 4.09. The Labute approximate surface area is 482 Å². The lowest BCUT2D eigenvalue weighted by Gasteiger charge is -2.59. The van der Waals surface area contributed by atoms with E-state index in [1.807, 2.05) is 26.0 Å². The zero-order valence-electron chi connectivity index (χ0n) is 52.6. The van der Waals surface area contributed by atoms with E-state index in [-0.39, 0.29) is 22.3 Å². The first kappa shape index (κ1) is 63.5. The lowest BCUT2D eigenvalue weighted by Crippen LogP contribution is -2.55. The Morgan fingerprint density at radius 3 is 2.03 bits per heavy atom. The maximum atomic E-state index is 12.2. The van der Waals surface area contributed by atoms with E-state index in [4.69, 9.17) is 4.74 Å². The predicted octanol–water partition coefficient (Wildman–Crippen LogP) is 17.3. The monoisotopic (exact) mass is 1090 g/mol. The molecule has 0 bridgehead atoms. The van der Waals surface area contributed by atoms with Crippen molar-refractivity contribution in [2.24, 2.45) is 63.6 Å². The van der Waals surface area contributed by atoms with Gasteiger partial charge in [-0.2, -0.15) is 0 Å². The van der Waals surface area contributed by atoms with Crippen molar-refractivity contribution in [1.82, 2.24) is 10.6 Å². The van der Waals surface area contributed by atoms with E-state index in [0.717, 1.165) is 94.6 Å². The third-order valence-corrected chi connectivity index (χ3v) is 22.8. The van der Waals surface area contributed by atoms with Crippen molar-refractivity contribution >= 4 is 11.6 Å². The smallest absolute Gasteiger partial charge is 0.155 e. The lowest BCUT2D eigenvalue weighted by molar-refractivity contribution is -0.136. The first-order valence-corrected chi connectivity index (χ1v) is 32.9. The normalized spacial score (nSPS) is 36.3. The molecule has 0 saturated heterocycles. The van der Waals surface area contributed by atoms with Gasteiger partial charge < -0.3 is 25.6 Å². The number of aliphatic hydroxyl groups is 2. The summed E-state index contributed by atoms with van der Waals surface area (Å²) in [6.07, 6.45) is 28.0. The molecule has 6 fully saturated rings. The highest BCUT2D eigenvalue weighted by molar-refractivity contribution is 5.92. The Morgan fingerprint density at radius 2 is 1.34 bits per heavy atom. The Bertz CT molecular complexity index is 2380. The zero-order valence-corrected chi connectivity index (χ0v) is 52.6. The van der Waals surface area contributed by atoms with Crippen LogP contribution >= 0.6 is 0 Å². The van der Waals surface area contributed by atoms with Crippen molar-refractivity contribution in [3.8, 4) is 5.75 Å². The first-order chi connectivity index (χ1) is 37.6. The minimum Gasteiger partial charge on any atom is -0.494 e. The van der Waals surface area contributed by atoms with Gasteiger partial charge in [0, 0.05) is 47.8 Å². The van der Waals surface area contributed by atoms with Crippen LogP contribution in [-0.2, 0) is 9.59 Å². The molecule has 16 atom stereocenters. The van der Waals surface area contributed by atoms with Gasteiger partial charge in [-0.1, -0.05) is 135 Å². The molecule has 0 spiro atoms. The number of unbranched alkanes of at least 4 members (excludes halogenated alkanes) is 1. The van der Waals surface area contributed by atoms with E-state index in [1.165, 1.54) is 92.0 Å². The fraction of sp³-hybridized carbons (Fsp3) is 0.750. The van der Waals surface area contributed by atoms with Gasteiger partial charge in [0.25, 0.3) is 0 Å². The standard InChI is InChI=1S/C35H53NO3.C22H34O2.C13H21N.C2H6/c1-6-7-9-24(3)36-25(4)26-10-8-11-29(22-26)39-19-18-35-17-14-31-30-13-12-28(37)21-27(30)20-23(2)33(31)32(35)15-16-34(35,5)38;1-4-10-22-13-9-18-17(19(22)8-12-21(22,3)24)6-5-15-14-16(23)7-11-20(15,18)2;1-5-13(14-10(2)3)12-8-6-7-11(4)9-12;1-2/h8,10-11,21-25,30-33,36,38H,6-7,9,12-20H2,1-5H3;14,17-19,24H,4-13H2,1-3H3;6-10,13-14H,5H2,1-4H3;1-2H3/t23-,24?,25?,30?,31?,32?,33?,34+,35?;17?,18?,19?,20?,21-,22?;;/m10../s1. The Hall–Kier alpha value is -3.10. The number of aryl methyl sites for hydroxylation is 1. The number of carbonyl (C=O) groups excluding carboxylic acids is 2. The molecule has 2 aromatic carbocycles. The van der Waals surface area contributed by atoms with Crippen molar-refractivity contribution in [2.45, 2.75) is 274 Å². The van der Waals surface area contributed by atoms with Gasteiger partial charge in [0.15, 0.2) is 11.6 Å². The highest BCUT2D eigenvalue weighted by Gasteiger charge is 2.65. The molecule has 7 heteroatoms. The molecule has 8 aliphatic carbocycles. The van der Waals surface area contributed by atoms with E-state index in [1.54, 1.807) is 0 Å². The number of nitrogens with one attached hydrogen (secondary N) is 2. The fourth-order valence-electron chi connectivity index (χ4n) is 19.0. The van der Waals surface area contributed by atoms with E-state index >= 15 is 0 Å². The van der Waals surface area contributed by atoms with Gasteiger partial charge in [-0.05, 0) is 232 Å². The number of hydrogen-bond acceptors (Lipinski definition) is 7. The maximum absolute atomic E-state index is 12.2. The van der Waals surface area contributed by atoms with Gasteiger partial charge in [-0.3, -0.25) is 9.59 Å². The molecule has 0 radical (unpaired) electrons. The van der Waals surface area contributed by atoms with Crippen LogP contribution in [0.2, 0.25) is 0 Å². The summed E-state index contributed by atoms with van der Waals surface area (Å²) in [7, 11) is 0. The fourth-order valence-corrected chi connectivity index (χ4v) is 19.0. The molecular weight excluding hydrogens is 973 g/mol. The quantitative estimate of drug-likeness (QED) is 0.133. The number of ether oxygens (including phenoxy) is 1. The Morgan fingerprint density at radius 1 is 0.684 bits per heavy atom. The molecule has 0 aliphatic heterocycles. The molecule has 13 unspecified atom stereocenters. The Balaban J connectivity index is 0.000000191. The van der Waals surface area contributed by atoms with Crippen molar-refractivity contribution in [1.29, 1.82) is 0 Å². The maximum Gasteiger partial charge on any atom is 0.155 e. The molecule has 0 heterocycles. The summed E-state index contributed by atoms with van der Waals surface area (Å²) in [4.78, 5) is 24.1. The molecule has 10 rings (SSSR count). The van der Waals surface area contributed by atoms with Crippen LogP contribution in [0, 0.1) is 70.5 Å². The van der Waals surface area contributed by atoms with Crippen LogP contribution in [0.4, 0.5) is 0 Å². The third-order valence-electron chi connectivity index (χ3n) is 22.8. The number of ketones is 2. The van der Waals surface area contributed by atoms with Crippen LogP contribution < -0.4 is 15.4 Å². The summed E-state index contributed by atoms with van der Waals surface area (Å²) >= 11 is 0. The van der Waals surface area contributed by atoms with Crippen molar-refractivity contribution < 1.29 is 24.5 Å². The van der Waals surface area contributed by atoms with Crippen molar-refractivity contribution in [3.63, 3.8) is 0 Å². The van der Waals surface area contributed by atoms with E-state index in [2.05, 4.69) is 142 Å². The molecule has 8 aliphatic rings. The summed E-state index contributed by atoms with van der Waals surface area (Å²) in [6.45, 7) is 31.6. The van der Waals surface area contributed by atoms with Crippen LogP contribution in [0.15, 0.2) is 71.8 Å². The van der Waals surface area contributed by atoms with Crippen molar-refractivity contribution in [3.05, 3.63) is 88.5 Å². The van der Waals surface area contributed by atoms with Gasteiger partial charge in [-0.25, -0.2) is 0 Å². The van der Waals surface area contributed by atoms with Crippen molar-refractivity contribution in [2.75, 3.05) is 6.61 Å². The predicted molar refractivity (Wildman–Crippen MR) is 329 cm³/mol. The summed E-state index contributed by atoms with van der Waals surface area (Å²) in [5, 5.41) is 30.4. The van der Waals surface area contributed by atoms with E-state index in [0.29, 0.717) is 71.8 Å². The highest BCUT2D eigenvalue weighted by Crippen LogP contribution is 2.70. The number of benzene rings is 2. The van der Waals surface area contributed by atoms with Gasteiger partial charge in [0.05, 0.1) is 17.8 Å². The topological polar surface area (TPSA) is 108 Å². The largest absolute Gasteiger partial charge is 0.494 e. The van der Waals surface area contributed by atoms with Crippen LogP contribution in [0.3, 0.4) is 0 Å².